The van der Waals surface area contributed by atoms with E-state index in [0.29, 0.717) is 0 Å². The Hall–Kier alpha value is -1.89. The first-order valence-electron chi connectivity index (χ1n) is 6.65. The van der Waals surface area contributed by atoms with Crippen LogP contribution in [0.2, 0.25) is 0 Å². The Bertz CT molecular complexity index is 496. The Morgan fingerprint density at radius 1 is 1.21 bits per heavy atom. The average Bonchev–Trinajstić information content (AvgIpc) is 3.08. The van der Waals surface area contributed by atoms with Crippen molar-refractivity contribution in [2.75, 3.05) is 37.6 Å². The number of nitrogens with zero attached hydrogens (tertiary/aromatic N) is 6. The molecule has 0 saturated carbocycles. The number of piperazine rings is 1. The van der Waals surface area contributed by atoms with E-state index in [0.717, 1.165) is 51.0 Å². The summed E-state index contributed by atoms with van der Waals surface area (Å²) < 4.78 is 1.98. The normalized spacial score (nSPS) is 17.0. The second-order valence-corrected chi connectivity index (χ2v) is 4.82. The standard InChI is InChI=1S/C12H19N7/c1-11-14-12(16-15-11)18-8-5-17(6-9-18)7-10-19-4-2-3-13-19/h2-4H,5-10H2,1H3,(H,14,15,16). The lowest BCUT2D eigenvalue weighted by molar-refractivity contribution is 0.243. The third-order valence-corrected chi connectivity index (χ3v) is 3.45. The lowest BCUT2D eigenvalue weighted by Gasteiger charge is -2.33. The van der Waals surface area contributed by atoms with E-state index in [4.69, 9.17) is 0 Å². The highest BCUT2D eigenvalue weighted by molar-refractivity contribution is 5.29. The molecule has 0 amide bonds. The predicted octanol–water partition coefficient (Wildman–Crippen LogP) is 0.132. The molecule has 19 heavy (non-hydrogen) atoms. The molecule has 7 nitrogen and oxygen atoms in total. The fraction of sp³-hybridized carbons (Fsp3) is 0.583. The summed E-state index contributed by atoms with van der Waals surface area (Å²) in [6.07, 6.45) is 3.83. The second-order valence-electron chi connectivity index (χ2n) is 4.82. The van der Waals surface area contributed by atoms with Crippen LogP contribution in [0.5, 0.6) is 0 Å². The Labute approximate surface area is 112 Å². The Kier molecular flexibility index (Phi) is 3.45. The maximum Gasteiger partial charge on any atom is 0.244 e. The molecule has 7 heteroatoms. The zero-order valence-corrected chi connectivity index (χ0v) is 11.2. The van der Waals surface area contributed by atoms with E-state index in [-0.39, 0.29) is 0 Å². The zero-order chi connectivity index (χ0) is 13.1. The van der Waals surface area contributed by atoms with Gasteiger partial charge in [0.05, 0.1) is 6.54 Å². The average molecular weight is 261 g/mol. The smallest absolute Gasteiger partial charge is 0.244 e. The molecule has 1 saturated heterocycles. The highest BCUT2D eigenvalue weighted by Crippen LogP contribution is 2.10. The molecule has 2 aromatic rings. The lowest BCUT2D eigenvalue weighted by Crippen LogP contribution is -2.47. The number of aromatic nitrogens is 5. The van der Waals surface area contributed by atoms with E-state index in [1.165, 1.54) is 0 Å². The Balaban J connectivity index is 1.47. The van der Waals surface area contributed by atoms with Crippen LogP contribution >= 0.6 is 0 Å². The molecule has 1 aliphatic heterocycles. The van der Waals surface area contributed by atoms with E-state index >= 15 is 0 Å². The van der Waals surface area contributed by atoms with Crippen LogP contribution in [0.3, 0.4) is 0 Å². The van der Waals surface area contributed by atoms with Crippen molar-refractivity contribution < 1.29 is 0 Å². The minimum absolute atomic E-state index is 0.823. The summed E-state index contributed by atoms with van der Waals surface area (Å²) in [6, 6.07) is 1.96. The molecule has 0 spiro atoms. The minimum atomic E-state index is 0.823. The fourth-order valence-corrected chi connectivity index (χ4v) is 2.32. The molecule has 1 fully saturated rings. The van der Waals surface area contributed by atoms with Crippen molar-refractivity contribution in [2.24, 2.45) is 0 Å². The van der Waals surface area contributed by atoms with Gasteiger partial charge in [0.25, 0.3) is 0 Å². The first-order valence-corrected chi connectivity index (χ1v) is 6.65. The molecular weight excluding hydrogens is 242 g/mol. The number of nitrogens with one attached hydrogen (secondary N) is 1. The molecule has 0 aromatic carbocycles. The van der Waals surface area contributed by atoms with E-state index in [9.17, 15) is 0 Å². The molecule has 1 aliphatic rings. The van der Waals surface area contributed by atoms with Gasteiger partial charge in [0, 0.05) is 45.1 Å². The third kappa shape index (κ3) is 2.93. The monoisotopic (exact) mass is 261 g/mol. The highest BCUT2D eigenvalue weighted by Gasteiger charge is 2.19. The number of aryl methyl sites for hydroxylation is 1. The minimum Gasteiger partial charge on any atom is -0.337 e. The molecule has 0 atom stereocenters. The van der Waals surface area contributed by atoms with Gasteiger partial charge in [0.1, 0.15) is 5.82 Å². The summed E-state index contributed by atoms with van der Waals surface area (Å²) in [4.78, 5) is 9.06. The van der Waals surface area contributed by atoms with E-state index in [1.54, 1.807) is 0 Å². The maximum absolute atomic E-state index is 4.37. The summed E-state index contributed by atoms with van der Waals surface area (Å²) in [7, 11) is 0. The molecule has 3 rings (SSSR count). The van der Waals surface area contributed by atoms with Crippen LogP contribution in [-0.2, 0) is 6.54 Å². The van der Waals surface area contributed by atoms with Gasteiger partial charge in [-0.1, -0.05) is 0 Å². The summed E-state index contributed by atoms with van der Waals surface area (Å²) in [5.74, 6) is 1.69. The van der Waals surface area contributed by atoms with Crippen LogP contribution < -0.4 is 4.90 Å². The van der Waals surface area contributed by atoms with Crippen LogP contribution in [0.15, 0.2) is 18.5 Å². The SMILES string of the molecule is Cc1nc(N2CCN(CCn3cccn3)CC2)n[nH]1. The van der Waals surface area contributed by atoms with Gasteiger partial charge in [0.15, 0.2) is 0 Å². The summed E-state index contributed by atoms with van der Waals surface area (Å²) >= 11 is 0. The summed E-state index contributed by atoms with van der Waals surface area (Å²) in [5.41, 5.74) is 0. The van der Waals surface area contributed by atoms with E-state index in [2.05, 4.69) is 30.1 Å². The van der Waals surface area contributed by atoms with Crippen molar-refractivity contribution >= 4 is 5.95 Å². The number of H-pyrrole nitrogens is 1. The van der Waals surface area contributed by atoms with E-state index in [1.807, 2.05) is 30.1 Å². The number of hydrogen-bond donors (Lipinski definition) is 1. The van der Waals surface area contributed by atoms with Crippen LogP contribution in [-0.4, -0.2) is 62.6 Å². The Morgan fingerprint density at radius 2 is 2.05 bits per heavy atom. The van der Waals surface area contributed by atoms with Crippen molar-refractivity contribution in [3.8, 4) is 0 Å². The number of aromatic amines is 1. The summed E-state index contributed by atoms with van der Waals surface area (Å²) in [5, 5.41) is 11.3. The van der Waals surface area contributed by atoms with Crippen molar-refractivity contribution in [2.45, 2.75) is 13.5 Å². The van der Waals surface area contributed by atoms with Crippen LogP contribution in [0.25, 0.3) is 0 Å². The van der Waals surface area contributed by atoms with Crippen molar-refractivity contribution in [3.05, 3.63) is 24.3 Å². The van der Waals surface area contributed by atoms with Crippen molar-refractivity contribution in [1.82, 2.24) is 29.9 Å². The van der Waals surface area contributed by atoms with Crippen molar-refractivity contribution in [1.29, 1.82) is 0 Å². The van der Waals surface area contributed by atoms with Gasteiger partial charge in [-0.2, -0.15) is 10.1 Å². The lowest BCUT2D eigenvalue weighted by atomic mass is 10.3. The predicted molar refractivity (Wildman–Crippen MR) is 72.0 cm³/mol. The number of anilines is 1. The van der Waals surface area contributed by atoms with E-state index < -0.39 is 0 Å². The molecule has 0 radical (unpaired) electrons. The summed E-state index contributed by atoms with van der Waals surface area (Å²) in [6.45, 7) is 7.99. The first kappa shape index (κ1) is 12.2. The molecule has 0 aliphatic carbocycles. The van der Waals surface area contributed by atoms with Crippen LogP contribution in [0.1, 0.15) is 5.82 Å². The number of rotatable bonds is 4. The highest BCUT2D eigenvalue weighted by atomic mass is 15.4. The molecule has 2 aromatic heterocycles. The van der Waals surface area contributed by atoms with Gasteiger partial charge in [-0.15, -0.1) is 5.10 Å². The van der Waals surface area contributed by atoms with Gasteiger partial charge in [-0.05, 0) is 13.0 Å². The third-order valence-electron chi connectivity index (χ3n) is 3.45. The maximum atomic E-state index is 4.37. The first-order chi connectivity index (χ1) is 9.31. The topological polar surface area (TPSA) is 65.9 Å². The molecule has 102 valence electrons. The van der Waals surface area contributed by atoms with Gasteiger partial charge >= 0.3 is 0 Å². The van der Waals surface area contributed by atoms with Crippen molar-refractivity contribution in [3.63, 3.8) is 0 Å². The molecule has 3 heterocycles. The van der Waals surface area contributed by atoms with Gasteiger partial charge in [-0.25, -0.2) is 0 Å². The molecule has 0 unspecified atom stereocenters. The van der Waals surface area contributed by atoms with Crippen LogP contribution in [0, 0.1) is 6.92 Å². The largest absolute Gasteiger partial charge is 0.337 e. The van der Waals surface area contributed by atoms with Gasteiger partial charge < -0.3 is 4.90 Å². The van der Waals surface area contributed by atoms with Gasteiger partial charge in [0.2, 0.25) is 5.95 Å². The number of hydrogen-bond acceptors (Lipinski definition) is 5. The Morgan fingerprint density at radius 3 is 2.68 bits per heavy atom. The molecule has 0 bridgehead atoms. The van der Waals surface area contributed by atoms with Gasteiger partial charge in [-0.3, -0.25) is 14.7 Å². The molecule has 1 N–H and O–H groups in total. The molecular formula is C12H19N7. The quantitative estimate of drug-likeness (QED) is 0.847. The zero-order valence-electron chi connectivity index (χ0n) is 11.2. The van der Waals surface area contributed by atoms with Crippen LogP contribution in [0.4, 0.5) is 5.95 Å². The second kappa shape index (κ2) is 5.40. The fourth-order valence-electron chi connectivity index (χ4n) is 2.32.